The van der Waals surface area contributed by atoms with Crippen LogP contribution in [0.3, 0.4) is 0 Å². The van der Waals surface area contributed by atoms with Gasteiger partial charge in [-0.3, -0.25) is 0 Å². The van der Waals surface area contributed by atoms with Gasteiger partial charge >= 0.3 is 0 Å². The Balaban J connectivity index is 2.21. The van der Waals surface area contributed by atoms with Gasteiger partial charge in [0, 0.05) is 13.0 Å². The molecule has 3 heteroatoms. The van der Waals surface area contributed by atoms with Gasteiger partial charge in [0.05, 0.1) is 11.0 Å². The third-order valence-corrected chi connectivity index (χ3v) is 3.12. The van der Waals surface area contributed by atoms with Crippen molar-refractivity contribution >= 4 is 17.3 Å². The minimum absolute atomic E-state index is 0.603. The maximum atomic E-state index is 10.3. The number of fused-ring (bicyclic) bond motifs is 1. The summed E-state index contributed by atoms with van der Waals surface area (Å²) in [6, 6.07) is 8.15. The third kappa shape index (κ3) is 2.67. The molecule has 0 atom stereocenters. The summed E-state index contributed by atoms with van der Waals surface area (Å²) >= 11 is 0. The zero-order chi connectivity index (χ0) is 13.0. The van der Waals surface area contributed by atoms with E-state index in [9.17, 15) is 4.79 Å². The van der Waals surface area contributed by atoms with Crippen LogP contribution in [0.1, 0.15) is 25.6 Å². The molecule has 1 aromatic carbocycles. The van der Waals surface area contributed by atoms with Crippen LogP contribution in [0.25, 0.3) is 11.0 Å². The Bertz CT molecular complexity index is 581. The molecule has 0 spiro atoms. The van der Waals surface area contributed by atoms with Crippen LogP contribution in [0.5, 0.6) is 0 Å². The van der Waals surface area contributed by atoms with Crippen LogP contribution in [0.4, 0.5) is 0 Å². The van der Waals surface area contributed by atoms with Crippen molar-refractivity contribution in [2.24, 2.45) is 0 Å². The highest BCUT2D eigenvalue weighted by molar-refractivity contribution is 5.75. The molecule has 0 amide bonds. The first-order valence-corrected chi connectivity index (χ1v) is 6.23. The van der Waals surface area contributed by atoms with Gasteiger partial charge in [-0.05, 0) is 32.4 Å². The number of hydrogen-bond acceptors (Lipinski definition) is 2. The number of hydrogen-bond donors (Lipinski definition) is 0. The van der Waals surface area contributed by atoms with Crippen LogP contribution in [0.2, 0.25) is 0 Å². The van der Waals surface area contributed by atoms with Crippen LogP contribution in [0.15, 0.2) is 35.9 Å². The molecule has 18 heavy (non-hydrogen) atoms. The standard InChI is InChI=1S/C15H18N2O/c1-12(6-5-11-18)9-10-17-13(2)16-14-7-3-4-8-15(14)17/h3-4,7-9,11H,5-6,10H2,1-2H3/b12-9+. The van der Waals surface area contributed by atoms with E-state index < -0.39 is 0 Å². The summed E-state index contributed by atoms with van der Waals surface area (Å²) in [5, 5.41) is 0. The lowest BCUT2D eigenvalue weighted by Gasteiger charge is -2.04. The average Bonchev–Trinajstić information content (AvgIpc) is 2.69. The monoisotopic (exact) mass is 242 g/mol. The summed E-state index contributed by atoms with van der Waals surface area (Å²) in [5.74, 6) is 1.02. The van der Waals surface area contributed by atoms with Gasteiger partial charge in [-0.15, -0.1) is 0 Å². The quantitative estimate of drug-likeness (QED) is 0.595. The second kappa shape index (κ2) is 5.63. The summed E-state index contributed by atoms with van der Waals surface area (Å²) in [6.45, 7) is 4.91. The number of benzene rings is 1. The zero-order valence-electron chi connectivity index (χ0n) is 10.9. The molecule has 0 fully saturated rings. The van der Waals surface area contributed by atoms with E-state index in [1.54, 1.807) is 0 Å². The third-order valence-electron chi connectivity index (χ3n) is 3.12. The Morgan fingerprint density at radius 2 is 2.17 bits per heavy atom. The highest BCUT2D eigenvalue weighted by Crippen LogP contribution is 2.16. The lowest BCUT2D eigenvalue weighted by atomic mass is 10.1. The number of carbonyl (C=O) groups is 1. The fraction of sp³-hybridized carbons (Fsp3) is 0.333. The van der Waals surface area contributed by atoms with Crippen molar-refractivity contribution in [3.05, 3.63) is 41.7 Å². The van der Waals surface area contributed by atoms with E-state index >= 15 is 0 Å². The molecule has 2 rings (SSSR count). The average molecular weight is 242 g/mol. The molecule has 0 saturated heterocycles. The van der Waals surface area contributed by atoms with E-state index in [1.807, 2.05) is 25.1 Å². The highest BCUT2D eigenvalue weighted by atomic mass is 16.1. The van der Waals surface area contributed by atoms with Gasteiger partial charge in [-0.1, -0.05) is 23.8 Å². The van der Waals surface area contributed by atoms with Crippen molar-refractivity contribution in [1.82, 2.24) is 9.55 Å². The number of para-hydroxylation sites is 2. The molecule has 1 heterocycles. The molecule has 2 aromatic rings. The predicted octanol–water partition coefficient (Wildman–Crippen LogP) is 3.27. The second-order valence-electron chi connectivity index (χ2n) is 4.51. The number of allylic oxidation sites excluding steroid dienone is 2. The number of imidazole rings is 1. The molecule has 0 radical (unpaired) electrons. The van der Waals surface area contributed by atoms with Crippen LogP contribution >= 0.6 is 0 Å². The van der Waals surface area contributed by atoms with Crippen molar-refractivity contribution in [2.75, 3.05) is 0 Å². The normalized spacial score (nSPS) is 12.0. The van der Waals surface area contributed by atoms with Gasteiger partial charge in [-0.25, -0.2) is 4.98 Å². The van der Waals surface area contributed by atoms with E-state index in [0.29, 0.717) is 6.42 Å². The molecule has 1 aromatic heterocycles. The lowest BCUT2D eigenvalue weighted by molar-refractivity contribution is -0.107. The first kappa shape index (κ1) is 12.6. The Labute approximate surface area is 107 Å². The van der Waals surface area contributed by atoms with E-state index in [1.165, 1.54) is 5.57 Å². The molecule has 0 N–H and O–H groups in total. The Kier molecular flexibility index (Phi) is 3.92. The molecule has 94 valence electrons. The van der Waals surface area contributed by atoms with Gasteiger partial charge in [0.15, 0.2) is 0 Å². The van der Waals surface area contributed by atoms with Crippen molar-refractivity contribution in [3.63, 3.8) is 0 Å². The molecule has 0 saturated carbocycles. The molecule has 0 aliphatic rings. The molecule has 0 unspecified atom stereocenters. The molecule has 0 aliphatic carbocycles. The maximum absolute atomic E-state index is 10.3. The number of carbonyl (C=O) groups excluding carboxylic acids is 1. The minimum Gasteiger partial charge on any atom is -0.324 e. The van der Waals surface area contributed by atoms with E-state index in [-0.39, 0.29) is 0 Å². The lowest BCUT2D eigenvalue weighted by Crippen LogP contribution is -1.98. The minimum atomic E-state index is 0.603. The topological polar surface area (TPSA) is 34.9 Å². The number of aryl methyl sites for hydroxylation is 1. The summed E-state index contributed by atoms with van der Waals surface area (Å²) in [4.78, 5) is 14.9. The molecule has 0 bridgehead atoms. The molecule has 0 aliphatic heterocycles. The smallest absolute Gasteiger partial charge is 0.120 e. The first-order valence-electron chi connectivity index (χ1n) is 6.23. The van der Waals surface area contributed by atoms with Gasteiger partial charge in [-0.2, -0.15) is 0 Å². The van der Waals surface area contributed by atoms with Crippen molar-refractivity contribution < 1.29 is 4.79 Å². The maximum Gasteiger partial charge on any atom is 0.120 e. The van der Waals surface area contributed by atoms with Crippen LogP contribution in [-0.4, -0.2) is 15.8 Å². The SMILES string of the molecule is C/C(=C\Cn1c(C)nc2ccccc21)CCC=O. The second-order valence-corrected chi connectivity index (χ2v) is 4.51. The Morgan fingerprint density at radius 3 is 2.94 bits per heavy atom. The van der Waals surface area contributed by atoms with Gasteiger partial charge < -0.3 is 9.36 Å². The van der Waals surface area contributed by atoms with Gasteiger partial charge in [0.25, 0.3) is 0 Å². The fourth-order valence-corrected chi connectivity index (χ4v) is 2.06. The van der Waals surface area contributed by atoms with Crippen molar-refractivity contribution in [2.45, 2.75) is 33.2 Å². The van der Waals surface area contributed by atoms with Crippen LogP contribution < -0.4 is 0 Å². The zero-order valence-corrected chi connectivity index (χ0v) is 10.9. The highest BCUT2D eigenvalue weighted by Gasteiger charge is 2.04. The van der Waals surface area contributed by atoms with Crippen LogP contribution in [-0.2, 0) is 11.3 Å². The molecule has 3 nitrogen and oxygen atoms in total. The number of aldehydes is 1. The predicted molar refractivity (Wildman–Crippen MR) is 73.5 cm³/mol. The first-order chi connectivity index (χ1) is 8.72. The van der Waals surface area contributed by atoms with E-state index in [0.717, 1.165) is 36.1 Å². The molecular weight excluding hydrogens is 224 g/mol. The van der Waals surface area contributed by atoms with E-state index in [4.69, 9.17) is 0 Å². The fourth-order valence-electron chi connectivity index (χ4n) is 2.06. The number of aromatic nitrogens is 2. The Morgan fingerprint density at radius 1 is 1.39 bits per heavy atom. The largest absolute Gasteiger partial charge is 0.324 e. The summed E-state index contributed by atoms with van der Waals surface area (Å²) in [5.41, 5.74) is 3.45. The van der Waals surface area contributed by atoms with Crippen molar-refractivity contribution in [1.29, 1.82) is 0 Å². The number of rotatable bonds is 5. The van der Waals surface area contributed by atoms with Gasteiger partial charge in [0.1, 0.15) is 12.1 Å². The van der Waals surface area contributed by atoms with Gasteiger partial charge in [0.2, 0.25) is 0 Å². The Hall–Kier alpha value is -1.90. The summed E-state index contributed by atoms with van der Waals surface area (Å²) in [7, 11) is 0. The number of nitrogens with zero attached hydrogens (tertiary/aromatic N) is 2. The van der Waals surface area contributed by atoms with Crippen molar-refractivity contribution in [3.8, 4) is 0 Å². The molecular formula is C15H18N2O. The van der Waals surface area contributed by atoms with Crippen LogP contribution in [0, 0.1) is 6.92 Å². The van der Waals surface area contributed by atoms with E-state index in [2.05, 4.69) is 28.6 Å². The summed E-state index contributed by atoms with van der Waals surface area (Å²) < 4.78 is 2.19. The summed E-state index contributed by atoms with van der Waals surface area (Å²) in [6.07, 6.45) is 4.58.